The molecule has 0 saturated heterocycles. The maximum Gasteiger partial charge on any atom is 0.327 e. The first-order chi connectivity index (χ1) is 22.3. The minimum atomic E-state index is -1.29. The van der Waals surface area contributed by atoms with Gasteiger partial charge in [0.25, 0.3) is 0 Å². The summed E-state index contributed by atoms with van der Waals surface area (Å²) in [5, 5.41) is 23.8. The van der Waals surface area contributed by atoms with Gasteiger partial charge in [-0.05, 0) is 77.9 Å². The Kier molecular flexibility index (Phi) is 23.6. The minimum Gasteiger partial charge on any atom is -0.480 e. The van der Waals surface area contributed by atoms with Crippen molar-refractivity contribution in [2.24, 2.45) is 22.9 Å². The van der Waals surface area contributed by atoms with Crippen molar-refractivity contribution < 1.29 is 38.7 Å². The fraction of sp³-hybridized carbons (Fsp3) is 0.750. The second kappa shape index (κ2) is 25.6. The van der Waals surface area contributed by atoms with Crippen LogP contribution in [0.2, 0.25) is 0 Å². The van der Waals surface area contributed by atoms with E-state index in [1.807, 2.05) is 0 Å². The van der Waals surface area contributed by atoms with Crippen LogP contribution in [0.15, 0.2) is 0 Å². The van der Waals surface area contributed by atoms with Crippen LogP contribution in [0.25, 0.3) is 0 Å². The van der Waals surface area contributed by atoms with Crippen LogP contribution >= 0.6 is 12.6 Å². The molecule has 0 aromatic rings. The molecule has 0 unspecified atom stereocenters. The monoisotopic (exact) mass is 690 g/mol. The highest BCUT2D eigenvalue weighted by molar-refractivity contribution is 7.80. The van der Waals surface area contributed by atoms with Crippen molar-refractivity contribution in [3.63, 3.8) is 0 Å². The number of amides is 6. The zero-order valence-corrected chi connectivity index (χ0v) is 27.9. The van der Waals surface area contributed by atoms with Gasteiger partial charge in [-0.2, -0.15) is 12.6 Å². The molecule has 18 nitrogen and oxygen atoms in total. The number of carbonyl (C=O) groups is 7. The van der Waals surface area contributed by atoms with Crippen molar-refractivity contribution >= 4 is 54.0 Å². The van der Waals surface area contributed by atoms with Crippen LogP contribution in [-0.4, -0.2) is 115 Å². The Balaban J connectivity index is 5.09. The summed E-state index contributed by atoms with van der Waals surface area (Å²) in [6.07, 6.45) is 4.29. The van der Waals surface area contributed by atoms with Gasteiger partial charge in [-0.3, -0.25) is 28.8 Å². The normalized spacial score (nSPS) is 14.0. The quantitative estimate of drug-likeness (QED) is 0.0305. The fourth-order valence-corrected chi connectivity index (χ4v) is 4.36. The van der Waals surface area contributed by atoms with Crippen LogP contribution in [0.1, 0.15) is 64.7 Å². The number of nitrogens with one attached hydrogen (secondary N) is 6. The first kappa shape index (κ1) is 43.5. The second-order valence-electron chi connectivity index (χ2n) is 10.9. The molecule has 0 rings (SSSR count). The average Bonchev–Trinajstić information content (AvgIpc) is 3.03. The average molecular weight is 691 g/mol. The van der Waals surface area contributed by atoms with Gasteiger partial charge < -0.3 is 59.9 Å². The summed E-state index contributed by atoms with van der Waals surface area (Å²) >= 11 is 3.92. The zero-order valence-electron chi connectivity index (χ0n) is 27.1. The van der Waals surface area contributed by atoms with E-state index in [0.29, 0.717) is 64.6 Å². The second-order valence-corrected chi connectivity index (χ2v) is 11.3. The lowest BCUT2D eigenvalue weighted by atomic mass is 10.1. The Labute approximate surface area is 280 Å². The van der Waals surface area contributed by atoms with E-state index < -0.39 is 84.7 Å². The number of nitrogens with two attached hydrogens (primary N) is 4. The molecule has 270 valence electrons. The van der Waals surface area contributed by atoms with Gasteiger partial charge in [0.2, 0.25) is 35.4 Å². The van der Waals surface area contributed by atoms with Crippen LogP contribution in [0.3, 0.4) is 0 Å². The first-order valence-electron chi connectivity index (χ1n) is 15.7. The predicted molar refractivity (Wildman–Crippen MR) is 178 cm³/mol. The minimum absolute atomic E-state index is 0.165. The van der Waals surface area contributed by atoms with E-state index in [2.05, 4.69) is 44.5 Å². The third kappa shape index (κ3) is 19.7. The van der Waals surface area contributed by atoms with Gasteiger partial charge in [0.15, 0.2) is 0 Å². The Morgan fingerprint density at radius 2 is 1.04 bits per heavy atom. The van der Waals surface area contributed by atoms with E-state index in [4.69, 9.17) is 22.9 Å². The molecule has 15 N–H and O–H groups in total. The van der Waals surface area contributed by atoms with Gasteiger partial charge in [-0.25, -0.2) is 4.79 Å². The molecule has 0 fully saturated rings. The van der Waals surface area contributed by atoms with Gasteiger partial charge >= 0.3 is 5.97 Å². The molecule has 0 bridgehead atoms. The number of aliphatic carboxylic acids is 1. The van der Waals surface area contributed by atoms with Gasteiger partial charge in [0.05, 0.1) is 19.1 Å². The van der Waals surface area contributed by atoms with E-state index in [0.717, 1.165) is 0 Å². The number of unbranched alkanes of at least 4 members (excludes halogenated alkanes) is 3. The summed E-state index contributed by atoms with van der Waals surface area (Å²) in [6, 6.07) is -5.32. The van der Waals surface area contributed by atoms with E-state index >= 15 is 0 Å². The number of carbonyl (C=O) groups excluding carboxylic acids is 6. The molecule has 0 aromatic carbocycles. The number of thiol groups is 1. The summed E-state index contributed by atoms with van der Waals surface area (Å²) in [6.45, 7) is 1.63. The van der Waals surface area contributed by atoms with Crippen molar-refractivity contribution in [2.75, 3.05) is 38.5 Å². The number of rotatable bonds is 26. The number of hydrogen-bond donors (Lipinski definition) is 12. The molecule has 0 spiro atoms. The van der Waals surface area contributed by atoms with Crippen molar-refractivity contribution in [1.29, 1.82) is 0 Å². The van der Waals surface area contributed by atoms with Crippen LogP contribution < -0.4 is 54.8 Å². The Morgan fingerprint density at radius 3 is 1.53 bits per heavy atom. The molecule has 5 atom stereocenters. The van der Waals surface area contributed by atoms with Gasteiger partial charge in [0, 0.05) is 5.75 Å². The summed E-state index contributed by atoms with van der Waals surface area (Å²) in [7, 11) is 0. The molecular formula is C28H54N10O8S. The highest BCUT2D eigenvalue weighted by atomic mass is 32.1. The molecule has 0 radical (unpaired) electrons. The molecule has 0 aliphatic carbocycles. The topological polar surface area (TPSA) is 316 Å². The van der Waals surface area contributed by atoms with Crippen LogP contribution in [0.5, 0.6) is 0 Å². The lowest BCUT2D eigenvalue weighted by Crippen LogP contribution is -2.56. The Morgan fingerprint density at radius 1 is 0.596 bits per heavy atom. The molecule has 6 amide bonds. The maximum atomic E-state index is 12.9. The van der Waals surface area contributed by atoms with Crippen molar-refractivity contribution in [3.05, 3.63) is 0 Å². The van der Waals surface area contributed by atoms with Gasteiger partial charge in [0.1, 0.15) is 24.2 Å². The molecule has 0 aromatic heterocycles. The number of carboxylic acids is 1. The molecule has 0 heterocycles. The lowest BCUT2D eigenvalue weighted by molar-refractivity contribution is -0.141. The van der Waals surface area contributed by atoms with Crippen molar-refractivity contribution in [3.8, 4) is 0 Å². The van der Waals surface area contributed by atoms with E-state index in [9.17, 15) is 38.7 Å². The lowest BCUT2D eigenvalue weighted by Gasteiger charge is -2.23. The zero-order chi connectivity index (χ0) is 35.8. The third-order valence-electron chi connectivity index (χ3n) is 6.90. The van der Waals surface area contributed by atoms with Crippen molar-refractivity contribution in [1.82, 2.24) is 31.9 Å². The van der Waals surface area contributed by atoms with Gasteiger partial charge in [-0.15, -0.1) is 0 Å². The standard InChI is InChI=1S/C28H54N10O8S/c1-17(24(41)37-20(10-4-7-13-31)27(44)38-21(16-47)28(45)46)35-22(39)14-34-26(43)19(9-3-6-12-30)36-23(40)15-33-25(42)18(32)8-2-5-11-29/h17-21,47H,2-16,29-32H2,1H3,(H,33,42)(H,34,43)(H,35,39)(H,36,40)(H,37,41)(H,38,44)(H,45,46)/t17-,18-,19-,20-,21-/m0/s1. The molecule has 0 saturated carbocycles. The fourth-order valence-electron chi connectivity index (χ4n) is 4.11. The summed E-state index contributed by atoms with van der Waals surface area (Å²) in [5.41, 5.74) is 22.3. The highest BCUT2D eigenvalue weighted by Gasteiger charge is 2.28. The molecule has 19 heteroatoms. The SMILES string of the molecule is C[C@H](NC(=O)CNC(=O)[C@H](CCCCN)NC(=O)CNC(=O)[C@@H](N)CCCCN)C(=O)N[C@@H](CCCCN)C(=O)N[C@@H](CS)C(=O)O. The maximum absolute atomic E-state index is 12.9. The molecule has 0 aliphatic heterocycles. The van der Waals surface area contributed by atoms with E-state index in [1.54, 1.807) is 0 Å². The van der Waals surface area contributed by atoms with E-state index in [1.165, 1.54) is 6.92 Å². The molecule has 47 heavy (non-hydrogen) atoms. The number of carboxylic acid groups (broad SMARTS) is 1. The molecule has 0 aliphatic rings. The smallest absolute Gasteiger partial charge is 0.327 e. The van der Waals surface area contributed by atoms with Crippen LogP contribution in [0, 0.1) is 0 Å². The first-order valence-corrected chi connectivity index (χ1v) is 16.4. The van der Waals surface area contributed by atoms with Crippen LogP contribution in [0.4, 0.5) is 0 Å². The summed E-state index contributed by atoms with van der Waals surface area (Å²) < 4.78 is 0. The van der Waals surface area contributed by atoms with Crippen molar-refractivity contribution in [2.45, 2.75) is 94.9 Å². The summed E-state index contributed by atoms with van der Waals surface area (Å²) in [5.74, 6) is -5.44. The Bertz CT molecular complexity index is 1020. The number of hydrogen-bond acceptors (Lipinski definition) is 12. The molecular weight excluding hydrogens is 636 g/mol. The largest absolute Gasteiger partial charge is 0.480 e. The van der Waals surface area contributed by atoms with Gasteiger partial charge in [-0.1, -0.05) is 6.42 Å². The van der Waals surface area contributed by atoms with E-state index in [-0.39, 0.29) is 18.6 Å². The summed E-state index contributed by atoms with van der Waals surface area (Å²) in [4.78, 5) is 86.8. The highest BCUT2D eigenvalue weighted by Crippen LogP contribution is 2.04. The van der Waals surface area contributed by atoms with Crippen LogP contribution in [-0.2, 0) is 33.6 Å². The predicted octanol–water partition coefficient (Wildman–Crippen LogP) is -4.09. The Hall–Kier alpha value is -3.52. The third-order valence-corrected chi connectivity index (χ3v) is 7.26.